The maximum Gasteiger partial charge on any atom is 0.213 e. The van der Waals surface area contributed by atoms with Crippen LogP contribution in [0.2, 0.25) is 0 Å². The second-order valence-corrected chi connectivity index (χ2v) is 3.48. The SMILES string of the molecule is CC.CC1CC(Oc2ccccn2)C1. The molecule has 1 aliphatic carbocycles. The van der Waals surface area contributed by atoms with Gasteiger partial charge in [-0.2, -0.15) is 0 Å². The largest absolute Gasteiger partial charge is 0.474 e. The third-order valence-corrected chi connectivity index (χ3v) is 2.26. The van der Waals surface area contributed by atoms with Crippen LogP contribution in [0, 0.1) is 5.92 Å². The van der Waals surface area contributed by atoms with E-state index in [0.29, 0.717) is 6.10 Å². The van der Waals surface area contributed by atoms with Crippen LogP contribution in [0.5, 0.6) is 5.88 Å². The minimum atomic E-state index is 0.412. The first-order valence-electron chi connectivity index (χ1n) is 5.42. The van der Waals surface area contributed by atoms with Crippen molar-refractivity contribution in [3.8, 4) is 5.88 Å². The van der Waals surface area contributed by atoms with Gasteiger partial charge in [0.15, 0.2) is 0 Å². The molecular formula is C12H19NO. The fourth-order valence-corrected chi connectivity index (χ4v) is 1.51. The Balaban J connectivity index is 0.000000461. The van der Waals surface area contributed by atoms with Gasteiger partial charge >= 0.3 is 0 Å². The van der Waals surface area contributed by atoms with Gasteiger partial charge in [0, 0.05) is 12.3 Å². The number of nitrogens with zero attached hydrogens (tertiary/aromatic N) is 1. The van der Waals surface area contributed by atoms with E-state index >= 15 is 0 Å². The third-order valence-electron chi connectivity index (χ3n) is 2.26. The van der Waals surface area contributed by atoms with Gasteiger partial charge in [-0.1, -0.05) is 26.8 Å². The van der Waals surface area contributed by atoms with Gasteiger partial charge in [-0.05, 0) is 24.8 Å². The molecule has 1 aliphatic rings. The van der Waals surface area contributed by atoms with Crippen molar-refractivity contribution < 1.29 is 4.74 Å². The van der Waals surface area contributed by atoms with Gasteiger partial charge in [0.2, 0.25) is 5.88 Å². The molecule has 0 radical (unpaired) electrons. The Hall–Kier alpha value is -1.05. The fourth-order valence-electron chi connectivity index (χ4n) is 1.51. The highest BCUT2D eigenvalue weighted by molar-refractivity contribution is 5.10. The molecule has 14 heavy (non-hydrogen) atoms. The molecule has 1 aromatic heterocycles. The van der Waals surface area contributed by atoms with Crippen molar-refractivity contribution in [3.63, 3.8) is 0 Å². The highest BCUT2D eigenvalue weighted by atomic mass is 16.5. The smallest absolute Gasteiger partial charge is 0.213 e. The summed E-state index contributed by atoms with van der Waals surface area (Å²) in [6.07, 6.45) is 4.53. The summed E-state index contributed by atoms with van der Waals surface area (Å²) in [4.78, 5) is 4.10. The van der Waals surface area contributed by atoms with Crippen molar-refractivity contribution in [2.75, 3.05) is 0 Å². The van der Waals surface area contributed by atoms with Crippen LogP contribution in [0.25, 0.3) is 0 Å². The lowest BCUT2D eigenvalue weighted by atomic mass is 9.84. The van der Waals surface area contributed by atoms with E-state index in [1.54, 1.807) is 6.20 Å². The highest BCUT2D eigenvalue weighted by Crippen LogP contribution is 2.29. The van der Waals surface area contributed by atoms with Crippen LogP contribution < -0.4 is 4.74 Å². The molecule has 0 spiro atoms. The van der Waals surface area contributed by atoms with Crippen molar-refractivity contribution in [3.05, 3.63) is 24.4 Å². The van der Waals surface area contributed by atoms with Gasteiger partial charge in [-0.25, -0.2) is 4.98 Å². The highest BCUT2D eigenvalue weighted by Gasteiger charge is 2.27. The van der Waals surface area contributed by atoms with Crippen molar-refractivity contribution in [1.29, 1.82) is 0 Å². The van der Waals surface area contributed by atoms with E-state index in [-0.39, 0.29) is 0 Å². The van der Waals surface area contributed by atoms with E-state index < -0.39 is 0 Å². The summed E-state index contributed by atoms with van der Waals surface area (Å²) in [5.41, 5.74) is 0. The maximum atomic E-state index is 5.61. The monoisotopic (exact) mass is 193 g/mol. The summed E-state index contributed by atoms with van der Waals surface area (Å²) in [5, 5.41) is 0. The zero-order valence-electron chi connectivity index (χ0n) is 9.23. The Morgan fingerprint density at radius 2 is 2.00 bits per heavy atom. The van der Waals surface area contributed by atoms with Crippen LogP contribution in [0.1, 0.15) is 33.6 Å². The zero-order valence-corrected chi connectivity index (χ0v) is 9.23. The lowest BCUT2D eigenvalue weighted by Crippen LogP contribution is -2.32. The number of pyridine rings is 1. The zero-order chi connectivity index (χ0) is 10.4. The molecule has 2 rings (SSSR count). The predicted octanol–water partition coefficient (Wildman–Crippen LogP) is 3.29. The van der Waals surface area contributed by atoms with Gasteiger partial charge < -0.3 is 4.74 Å². The minimum Gasteiger partial charge on any atom is -0.474 e. The molecule has 0 unspecified atom stereocenters. The normalized spacial score (nSPS) is 24.2. The van der Waals surface area contributed by atoms with Crippen molar-refractivity contribution in [2.45, 2.75) is 39.7 Å². The molecule has 1 heterocycles. The Morgan fingerprint density at radius 3 is 2.50 bits per heavy atom. The number of aromatic nitrogens is 1. The van der Waals surface area contributed by atoms with Crippen LogP contribution >= 0.6 is 0 Å². The summed E-state index contributed by atoms with van der Waals surface area (Å²) in [7, 11) is 0. The Kier molecular flexibility index (Phi) is 4.44. The third kappa shape index (κ3) is 3.02. The minimum absolute atomic E-state index is 0.412. The first-order valence-corrected chi connectivity index (χ1v) is 5.42. The van der Waals surface area contributed by atoms with Gasteiger partial charge in [-0.3, -0.25) is 0 Å². The second kappa shape index (κ2) is 5.63. The molecule has 2 heteroatoms. The molecule has 0 amide bonds. The van der Waals surface area contributed by atoms with Crippen LogP contribution in [-0.2, 0) is 0 Å². The number of rotatable bonds is 2. The number of hydrogen-bond acceptors (Lipinski definition) is 2. The molecule has 1 aromatic rings. The number of hydrogen-bond donors (Lipinski definition) is 0. The molecule has 0 aromatic carbocycles. The lowest BCUT2D eigenvalue weighted by Gasteiger charge is -2.32. The first-order chi connectivity index (χ1) is 6.84. The topological polar surface area (TPSA) is 22.1 Å². The van der Waals surface area contributed by atoms with Crippen molar-refractivity contribution in [2.24, 2.45) is 5.92 Å². The predicted molar refractivity (Wildman–Crippen MR) is 58.4 cm³/mol. The van der Waals surface area contributed by atoms with Crippen LogP contribution in [0.15, 0.2) is 24.4 Å². The maximum absolute atomic E-state index is 5.61. The molecule has 0 atom stereocenters. The van der Waals surface area contributed by atoms with Crippen LogP contribution in [0.4, 0.5) is 0 Å². The van der Waals surface area contributed by atoms with E-state index in [4.69, 9.17) is 4.74 Å². The molecule has 0 N–H and O–H groups in total. The van der Waals surface area contributed by atoms with Crippen molar-refractivity contribution >= 4 is 0 Å². The summed E-state index contributed by atoms with van der Waals surface area (Å²) < 4.78 is 5.61. The fraction of sp³-hybridized carbons (Fsp3) is 0.583. The Morgan fingerprint density at radius 1 is 1.29 bits per heavy atom. The molecule has 0 aliphatic heterocycles. The van der Waals surface area contributed by atoms with E-state index in [2.05, 4.69) is 11.9 Å². The average molecular weight is 193 g/mol. The van der Waals surface area contributed by atoms with Gasteiger partial charge in [-0.15, -0.1) is 0 Å². The average Bonchev–Trinajstić information content (AvgIpc) is 2.20. The van der Waals surface area contributed by atoms with E-state index in [1.807, 2.05) is 32.0 Å². The standard InChI is InChI=1S/C10H13NO.C2H6/c1-8-6-9(7-8)12-10-4-2-3-5-11-10;1-2/h2-5,8-9H,6-7H2,1H3;1-2H3. The molecular weight excluding hydrogens is 174 g/mol. The molecule has 1 fully saturated rings. The summed E-state index contributed by atoms with van der Waals surface area (Å²) in [5.74, 6) is 1.59. The van der Waals surface area contributed by atoms with E-state index in [1.165, 1.54) is 12.8 Å². The molecule has 0 saturated heterocycles. The Labute approximate surface area is 86.3 Å². The number of ether oxygens (including phenoxy) is 1. The summed E-state index contributed by atoms with van der Waals surface area (Å²) in [6, 6.07) is 5.75. The van der Waals surface area contributed by atoms with E-state index in [9.17, 15) is 0 Å². The Bertz CT molecular complexity index is 242. The summed E-state index contributed by atoms with van der Waals surface area (Å²) >= 11 is 0. The molecule has 78 valence electrons. The second-order valence-electron chi connectivity index (χ2n) is 3.48. The van der Waals surface area contributed by atoms with Crippen LogP contribution in [0.3, 0.4) is 0 Å². The first kappa shape index (κ1) is 11.0. The van der Waals surface area contributed by atoms with Gasteiger partial charge in [0.05, 0.1) is 0 Å². The van der Waals surface area contributed by atoms with Crippen molar-refractivity contribution in [1.82, 2.24) is 4.98 Å². The van der Waals surface area contributed by atoms with Gasteiger partial charge in [0.1, 0.15) is 6.10 Å². The van der Waals surface area contributed by atoms with E-state index in [0.717, 1.165) is 11.8 Å². The summed E-state index contributed by atoms with van der Waals surface area (Å²) in [6.45, 7) is 6.25. The van der Waals surface area contributed by atoms with Crippen LogP contribution in [-0.4, -0.2) is 11.1 Å². The molecule has 1 saturated carbocycles. The lowest BCUT2D eigenvalue weighted by molar-refractivity contribution is 0.0696. The molecule has 0 bridgehead atoms. The quantitative estimate of drug-likeness (QED) is 0.719. The molecule has 2 nitrogen and oxygen atoms in total. The van der Waals surface area contributed by atoms with Gasteiger partial charge in [0.25, 0.3) is 0 Å².